The lowest BCUT2D eigenvalue weighted by Gasteiger charge is -2.22. The minimum atomic E-state index is -0.331. The van der Waals surface area contributed by atoms with Crippen molar-refractivity contribution < 1.29 is 9.53 Å². The normalized spacial score (nSPS) is 18.0. The quantitative estimate of drug-likeness (QED) is 0.226. The largest absolute Gasteiger partial charge is 0.457 e. The number of rotatable bonds is 8. The lowest BCUT2D eigenvalue weighted by molar-refractivity contribution is -0.114. The first-order chi connectivity index (χ1) is 20.6. The summed E-state index contributed by atoms with van der Waals surface area (Å²) in [6, 6.07) is 13.7. The van der Waals surface area contributed by atoms with Gasteiger partial charge in [0.25, 0.3) is 5.91 Å². The molecule has 1 atom stereocenters. The number of nitrogens with one attached hydrogen (secondary N) is 1. The van der Waals surface area contributed by atoms with Crippen molar-refractivity contribution in [3.63, 3.8) is 0 Å². The Morgan fingerprint density at radius 2 is 1.93 bits per heavy atom. The van der Waals surface area contributed by atoms with Crippen molar-refractivity contribution in [1.29, 1.82) is 0 Å². The molecule has 43 heavy (non-hydrogen) atoms. The lowest BCUT2D eigenvalue weighted by Crippen LogP contribution is -2.29. The number of nitrogens with zero attached hydrogens (tertiary/aromatic N) is 7. The number of likely N-dealkylation sites (N-methyl/N-ethyl adjacent to an activating group) is 1. The highest BCUT2D eigenvalue weighted by molar-refractivity contribution is 8.00. The van der Waals surface area contributed by atoms with Crippen molar-refractivity contribution in [2.45, 2.75) is 18.6 Å². The first-order valence-electron chi connectivity index (χ1n) is 13.9. The summed E-state index contributed by atoms with van der Waals surface area (Å²) in [6.45, 7) is 5.35. The van der Waals surface area contributed by atoms with Gasteiger partial charge in [0.1, 0.15) is 29.5 Å². The summed E-state index contributed by atoms with van der Waals surface area (Å²) >= 11 is 1.68. The van der Waals surface area contributed by atoms with Crippen LogP contribution in [0.15, 0.2) is 73.0 Å². The van der Waals surface area contributed by atoms with Crippen molar-refractivity contribution in [2.75, 3.05) is 43.7 Å². The van der Waals surface area contributed by atoms with Crippen LogP contribution >= 0.6 is 11.8 Å². The van der Waals surface area contributed by atoms with Gasteiger partial charge in [-0.2, -0.15) is 11.8 Å². The van der Waals surface area contributed by atoms with Crippen molar-refractivity contribution in [2.24, 2.45) is 7.05 Å². The molecule has 2 aromatic carbocycles. The van der Waals surface area contributed by atoms with Crippen LogP contribution in [0.25, 0.3) is 21.9 Å². The maximum atomic E-state index is 13.6. The van der Waals surface area contributed by atoms with Gasteiger partial charge in [-0.1, -0.05) is 6.08 Å². The fraction of sp³-hybridized carbons (Fsp3) is 0.281. The van der Waals surface area contributed by atoms with E-state index in [9.17, 15) is 4.79 Å². The predicted molar refractivity (Wildman–Crippen MR) is 173 cm³/mol. The van der Waals surface area contributed by atoms with E-state index in [4.69, 9.17) is 4.74 Å². The summed E-state index contributed by atoms with van der Waals surface area (Å²) in [5.41, 5.74) is 5.23. The van der Waals surface area contributed by atoms with E-state index in [0.717, 1.165) is 44.7 Å². The Hall–Kier alpha value is -4.48. The molecule has 1 N–H and O–H groups in total. The minimum Gasteiger partial charge on any atom is -0.457 e. The van der Waals surface area contributed by atoms with Crippen molar-refractivity contribution in [3.05, 3.63) is 78.5 Å². The number of amides is 1. The zero-order valence-electron chi connectivity index (χ0n) is 25.1. The Balaban J connectivity index is 1.26. The molecule has 0 saturated carbocycles. The fourth-order valence-electron chi connectivity index (χ4n) is 5.25. The van der Waals surface area contributed by atoms with E-state index in [2.05, 4.69) is 37.1 Å². The van der Waals surface area contributed by atoms with Crippen LogP contribution in [0.3, 0.4) is 0 Å². The molecule has 220 valence electrons. The molecular weight excluding hydrogens is 560 g/mol. The van der Waals surface area contributed by atoms with E-state index in [1.807, 2.05) is 87.4 Å². The summed E-state index contributed by atoms with van der Waals surface area (Å²) in [5, 5.41) is 4.21. The summed E-state index contributed by atoms with van der Waals surface area (Å²) in [7, 11) is 5.96. The zero-order valence-corrected chi connectivity index (χ0v) is 25.9. The van der Waals surface area contributed by atoms with Gasteiger partial charge in [0, 0.05) is 42.9 Å². The van der Waals surface area contributed by atoms with Crippen molar-refractivity contribution in [3.8, 4) is 11.5 Å². The lowest BCUT2D eigenvalue weighted by atomic mass is 10.0. The third-order valence-electron chi connectivity index (χ3n) is 7.76. The first-order valence-corrected chi connectivity index (χ1v) is 15.2. The number of carbonyl (C=O) groups is 1. The molecule has 0 bridgehead atoms. The van der Waals surface area contributed by atoms with Crippen LogP contribution < -0.4 is 15.0 Å². The second-order valence-electron chi connectivity index (χ2n) is 11.2. The summed E-state index contributed by atoms with van der Waals surface area (Å²) < 4.78 is 7.84. The Morgan fingerprint density at radius 3 is 2.70 bits per heavy atom. The van der Waals surface area contributed by atoms with Crippen LogP contribution in [-0.4, -0.2) is 73.5 Å². The van der Waals surface area contributed by atoms with E-state index in [0.29, 0.717) is 30.2 Å². The first kappa shape index (κ1) is 28.6. The predicted octanol–water partition coefficient (Wildman–Crippen LogP) is 5.71. The number of anilines is 3. The van der Waals surface area contributed by atoms with Crippen LogP contribution in [0.1, 0.15) is 12.5 Å². The Kier molecular flexibility index (Phi) is 7.53. The SMILES string of the molecule is CS[C@@]1(C)CN(c2cc3c(Nc4ccc(Oc5ccc6c(c5)ncn6C)c(C)c4)ncnc3cn2)C(=O)/C1=C/CN(C)C. The third kappa shape index (κ3) is 5.53. The molecule has 4 heterocycles. The third-order valence-corrected chi connectivity index (χ3v) is 9.01. The van der Waals surface area contributed by atoms with Gasteiger partial charge in [0.2, 0.25) is 0 Å². The maximum Gasteiger partial charge on any atom is 0.256 e. The number of hydrogen-bond acceptors (Lipinski definition) is 9. The smallest absolute Gasteiger partial charge is 0.256 e. The average molecular weight is 595 g/mol. The van der Waals surface area contributed by atoms with Crippen molar-refractivity contribution in [1.82, 2.24) is 29.4 Å². The number of fused-ring (bicyclic) bond motifs is 2. The van der Waals surface area contributed by atoms with E-state index in [1.165, 1.54) is 6.33 Å². The van der Waals surface area contributed by atoms with Gasteiger partial charge in [0.15, 0.2) is 0 Å². The van der Waals surface area contributed by atoms with E-state index < -0.39 is 0 Å². The maximum absolute atomic E-state index is 13.6. The van der Waals surface area contributed by atoms with Gasteiger partial charge in [-0.25, -0.2) is 19.9 Å². The van der Waals surface area contributed by atoms with E-state index in [1.54, 1.807) is 29.2 Å². The van der Waals surface area contributed by atoms with E-state index in [-0.39, 0.29) is 10.7 Å². The standard InChI is InChI=1S/C32H34N8O2S/c1-20-13-21(7-10-28(20)42-22-8-9-27-25(14-22)36-19-39(27)5)37-30-23-15-29(33-16-26(23)34-18-35-30)40-17-32(2,43-6)24(31(40)41)11-12-38(3)4/h7-11,13-16,18-19H,12,17H2,1-6H3,(H,34,35,37)/b24-11-/t32-/m0/s1. The molecule has 0 aliphatic carbocycles. The Morgan fingerprint density at radius 1 is 1.09 bits per heavy atom. The highest BCUT2D eigenvalue weighted by atomic mass is 32.2. The van der Waals surface area contributed by atoms with Gasteiger partial charge < -0.3 is 19.5 Å². The monoisotopic (exact) mass is 594 g/mol. The molecule has 5 aromatic rings. The molecule has 1 fully saturated rings. The zero-order chi connectivity index (χ0) is 30.3. The van der Waals surface area contributed by atoms with Crippen LogP contribution in [0.5, 0.6) is 11.5 Å². The number of pyridine rings is 1. The molecule has 1 amide bonds. The number of hydrogen-bond donors (Lipinski definition) is 1. The topological polar surface area (TPSA) is 101 Å². The number of imidazole rings is 1. The Labute approximate surface area is 254 Å². The molecule has 0 unspecified atom stereocenters. The highest BCUT2D eigenvalue weighted by Gasteiger charge is 2.45. The molecule has 10 nitrogen and oxygen atoms in total. The molecule has 0 radical (unpaired) electrons. The molecule has 1 saturated heterocycles. The minimum absolute atomic E-state index is 0.0229. The number of carbonyl (C=O) groups excluding carboxylic acids is 1. The van der Waals surface area contributed by atoms with Crippen LogP contribution in [0.4, 0.5) is 17.3 Å². The average Bonchev–Trinajstić information content (AvgIpc) is 3.49. The molecule has 1 aliphatic rings. The number of aryl methyl sites for hydroxylation is 2. The highest BCUT2D eigenvalue weighted by Crippen LogP contribution is 2.41. The van der Waals surface area contributed by atoms with Gasteiger partial charge in [-0.15, -0.1) is 0 Å². The number of thioether (sulfide) groups is 1. The molecule has 3 aromatic heterocycles. The van der Waals surface area contributed by atoms with Gasteiger partial charge in [0.05, 0.1) is 33.8 Å². The van der Waals surface area contributed by atoms with Crippen LogP contribution in [0.2, 0.25) is 0 Å². The molecule has 11 heteroatoms. The summed E-state index contributed by atoms with van der Waals surface area (Å²) in [5.74, 6) is 2.66. The fourth-order valence-corrected chi connectivity index (χ4v) is 5.90. The number of benzene rings is 2. The second-order valence-corrected chi connectivity index (χ2v) is 12.5. The Bertz CT molecular complexity index is 1880. The summed E-state index contributed by atoms with van der Waals surface area (Å²) in [6.07, 6.45) is 9.08. The number of aromatic nitrogens is 5. The van der Waals surface area contributed by atoms with E-state index >= 15 is 0 Å². The number of ether oxygens (including phenoxy) is 1. The van der Waals surface area contributed by atoms with Gasteiger partial charge >= 0.3 is 0 Å². The van der Waals surface area contributed by atoms with Gasteiger partial charge in [-0.3, -0.25) is 9.69 Å². The van der Waals surface area contributed by atoms with Crippen LogP contribution in [0, 0.1) is 6.92 Å². The second kappa shape index (κ2) is 11.3. The molecule has 6 rings (SSSR count). The molecule has 0 spiro atoms. The van der Waals surface area contributed by atoms with Gasteiger partial charge in [-0.05, 0) is 76.2 Å². The molecular formula is C32H34N8O2S. The summed E-state index contributed by atoms with van der Waals surface area (Å²) in [4.78, 5) is 35.4. The molecule has 1 aliphatic heterocycles. The van der Waals surface area contributed by atoms with Crippen LogP contribution in [-0.2, 0) is 11.8 Å². The van der Waals surface area contributed by atoms with Crippen molar-refractivity contribution >= 4 is 56.9 Å².